The smallest absolute Gasteiger partial charge is 0.368 e. The number of alkyl halides is 3. The van der Waals surface area contributed by atoms with Crippen molar-refractivity contribution in [2.45, 2.75) is 6.18 Å². The Kier molecular flexibility index (Phi) is 6.46. The molecule has 33 heavy (non-hydrogen) atoms. The minimum atomic E-state index is -4.46. The first kappa shape index (κ1) is 22.9. The van der Waals surface area contributed by atoms with Gasteiger partial charge in [0.05, 0.1) is 10.5 Å². The molecule has 0 spiro atoms. The van der Waals surface area contributed by atoms with Crippen LogP contribution in [0.5, 0.6) is 0 Å². The van der Waals surface area contributed by atoms with Crippen LogP contribution in [0.1, 0.15) is 11.1 Å². The van der Waals surface area contributed by atoms with Crippen LogP contribution in [0.25, 0.3) is 6.08 Å². The SMILES string of the molecule is O=C(CN1C(=O)S/C(=C/c2ccc(C(F)(F)F)cc2)C1=O)N1CCN(c2ccccc2)CC1. The predicted octanol–water partition coefficient (Wildman–Crippen LogP) is 4.09. The van der Waals surface area contributed by atoms with Crippen molar-refractivity contribution in [1.29, 1.82) is 0 Å². The summed E-state index contributed by atoms with van der Waals surface area (Å²) in [4.78, 5) is 42.4. The van der Waals surface area contributed by atoms with Crippen LogP contribution in [-0.2, 0) is 15.8 Å². The highest BCUT2D eigenvalue weighted by atomic mass is 32.2. The lowest BCUT2D eigenvalue weighted by Crippen LogP contribution is -2.51. The lowest BCUT2D eigenvalue weighted by molar-refractivity contribution is -0.137. The summed E-state index contributed by atoms with van der Waals surface area (Å²) in [5.41, 5.74) is 0.631. The number of carbonyl (C=O) groups excluding carboxylic acids is 3. The van der Waals surface area contributed by atoms with Gasteiger partial charge in [0.25, 0.3) is 11.1 Å². The molecule has 6 nitrogen and oxygen atoms in total. The highest BCUT2D eigenvalue weighted by molar-refractivity contribution is 8.18. The van der Waals surface area contributed by atoms with Gasteiger partial charge >= 0.3 is 6.18 Å². The van der Waals surface area contributed by atoms with E-state index in [1.54, 1.807) is 4.90 Å². The van der Waals surface area contributed by atoms with Crippen molar-refractivity contribution in [3.63, 3.8) is 0 Å². The van der Waals surface area contributed by atoms with E-state index in [-0.39, 0.29) is 17.4 Å². The van der Waals surface area contributed by atoms with Gasteiger partial charge < -0.3 is 9.80 Å². The Bertz CT molecular complexity index is 1080. The van der Waals surface area contributed by atoms with Crippen molar-refractivity contribution in [3.8, 4) is 0 Å². The van der Waals surface area contributed by atoms with Crippen LogP contribution in [-0.4, -0.2) is 59.6 Å². The van der Waals surface area contributed by atoms with E-state index in [2.05, 4.69) is 4.90 Å². The fraction of sp³-hybridized carbons (Fsp3) is 0.261. The first-order chi connectivity index (χ1) is 15.7. The minimum Gasteiger partial charge on any atom is -0.368 e. The molecule has 2 aromatic carbocycles. The molecule has 0 aliphatic carbocycles. The maximum atomic E-state index is 12.7. The normalized spacial score (nSPS) is 18.4. The second kappa shape index (κ2) is 9.30. The predicted molar refractivity (Wildman–Crippen MR) is 119 cm³/mol. The van der Waals surface area contributed by atoms with Gasteiger partial charge in [0.15, 0.2) is 0 Å². The van der Waals surface area contributed by atoms with E-state index in [9.17, 15) is 27.6 Å². The summed E-state index contributed by atoms with van der Waals surface area (Å²) >= 11 is 0.670. The van der Waals surface area contributed by atoms with Gasteiger partial charge in [-0.25, -0.2) is 0 Å². The van der Waals surface area contributed by atoms with Crippen LogP contribution in [0.4, 0.5) is 23.7 Å². The molecular formula is C23H20F3N3O3S. The summed E-state index contributed by atoms with van der Waals surface area (Å²) in [6.45, 7) is 1.88. The van der Waals surface area contributed by atoms with E-state index >= 15 is 0 Å². The molecule has 4 rings (SSSR count). The Hall–Kier alpha value is -3.27. The summed E-state index contributed by atoms with van der Waals surface area (Å²) in [5.74, 6) is -0.943. The number of hydrogen-bond donors (Lipinski definition) is 0. The van der Waals surface area contributed by atoms with Crippen LogP contribution in [0.2, 0.25) is 0 Å². The number of para-hydroxylation sites is 1. The molecule has 2 aliphatic rings. The molecule has 0 N–H and O–H groups in total. The molecule has 0 bridgehead atoms. The van der Waals surface area contributed by atoms with Crippen molar-refractivity contribution in [2.24, 2.45) is 0 Å². The number of piperazine rings is 1. The van der Waals surface area contributed by atoms with Gasteiger partial charge in [0.1, 0.15) is 6.54 Å². The second-order valence-electron chi connectivity index (χ2n) is 7.59. The first-order valence-corrected chi connectivity index (χ1v) is 11.0. The molecule has 2 fully saturated rings. The topological polar surface area (TPSA) is 60.9 Å². The molecule has 2 heterocycles. The lowest BCUT2D eigenvalue weighted by atomic mass is 10.1. The molecule has 172 valence electrons. The van der Waals surface area contributed by atoms with Gasteiger partial charge in [-0.1, -0.05) is 30.3 Å². The van der Waals surface area contributed by atoms with E-state index in [4.69, 9.17) is 0 Å². The van der Waals surface area contributed by atoms with E-state index < -0.39 is 22.9 Å². The fourth-order valence-electron chi connectivity index (χ4n) is 3.64. The largest absolute Gasteiger partial charge is 0.416 e. The first-order valence-electron chi connectivity index (χ1n) is 10.2. The number of nitrogens with zero attached hydrogens (tertiary/aromatic N) is 3. The number of imide groups is 1. The van der Waals surface area contributed by atoms with E-state index in [1.165, 1.54) is 18.2 Å². The molecule has 0 unspecified atom stereocenters. The van der Waals surface area contributed by atoms with Crippen molar-refractivity contribution >= 4 is 40.6 Å². The highest BCUT2D eigenvalue weighted by Gasteiger charge is 2.37. The number of amides is 3. The van der Waals surface area contributed by atoms with Gasteiger partial charge in [-0.3, -0.25) is 19.3 Å². The van der Waals surface area contributed by atoms with Gasteiger partial charge in [-0.2, -0.15) is 13.2 Å². The van der Waals surface area contributed by atoms with Crippen LogP contribution < -0.4 is 4.90 Å². The summed E-state index contributed by atoms with van der Waals surface area (Å²) in [6.07, 6.45) is -3.10. The third-order valence-corrected chi connectivity index (χ3v) is 6.36. The van der Waals surface area contributed by atoms with Crippen molar-refractivity contribution < 1.29 is 27.6 Å². The van der Waals surface area contributed by atoms with Crippen LogP contribution >= 0.6 is 11.8 Å². The van der Waals surface area contributed by atoms with Crippen LogP contribution in [0.3, 0.4) is 0 Å². The third kappa shape index (κ3) is 5.22. The Balaban J connectivity index is 1.36. The number of benzene rings is 2. The highest BCUT2D eigenvalue weighted by Crippen LogP contribution is 2.33. The summed E-state index contributed by atoms with van der Waals surface area (Å²) in [5, 5.41) is -0.575. The number of carbonyl (C=O) groups is 3. The zero-order chi connectivity index (χ0) is 23.6. The van der Waals surface area contributed by atoms with Crippen LogP contribution in [0.15, 0.2) is 59.5 Å². The summed E-state index contributed by atoms with van der Waals surface area (Å²) in [6, 6.07) is 14.1. The Morgan fingerprint density at radius 3 is 2.18 bits per heavy atom. The standard InChI is InChI=1S/C23H20F3N3O3S/c24-23(25,26)17-8-6-16(7-9-17)14-19-21(31)29(22(32)33-19)15-20(30)28-12-10-27(11-13-28)18-4-2-1-3-5-18/h1-9,14H,10-13,15H2/b19-14+. The minimum absolute atomic E-state index is 0.0708. The molecule has 2 aliphatic heterocycles. The molecule has 2 saturated heterocycles. The summed E-state index contributed by atoms with van der Waals surface area (Å²) in [7, 11) is 0. The van der Waals surface area contributed by atoms with Crippen molar-refractivity contribution in [3.05, 3.63) is 70.6 Å². The fourth-order valence-corrected chi connectivity index (χ4v) is 4.48. The molecule has 3 amide bonds. The number of thioether (sulfide) groups is 1. The number of anilines is 1. The van der Waals surface area contributed by atoms with Gasteiger partial charge in [0, 0.05) is 31.9 Å². The summed E-state index contributed by atoms with van der Waals surface area (Å²) < 4.78 is 38.1. The van der Waals surface area contributed by atoms with E-state index in [0.29, 0.717) is 43.5 Å². The Labute approximate surface area is 192 Å². The third-order valence-electron chi connectivity index (χ3n) is 5.46. The average molecular weight is 475 g/mol. The maximum absolute atomic E-state index is 12.7. The zero-order valence-electron chi connectivity index (χ0n) is 17.4. The second-order valence-corrected chi connectivity index (χ2v) is 8.58. The molecule has 10 heteroatoms. The molecule has 0 radical (unpaired) electrons. The van der Waals surface area contributed by atoms with E-state index in [1.807, 2.05) is 30.3 Å². The maximum Gasteiger partial charge on any atom is 0.416 e. The Morgan fingerprint density at radius 1 is 0.939 bits per heavy atom. The quantitative estimate of drug-likeness (QED) is 0.624. The van der Waals surface area contributed by atoms with Crippen molar-refractivity contribution in [2.75, 3.05) is 37.6 Å². The lowest BCUT2D eigenvalue weighted by Gasteiger charge is -2.36. The van der Waals surface area contributed by atoms with Crippen molar-refractivity contribution in [1.82, 2.24) is 9.80 Å². The average Bonchev–Trinajstić information content (AvgIpc) is 3.07. The number of hydrogen-bond acceptors (Lipinski definition) is 5. The number of halogens is 3. The van der Waals surface area contributed by atoms with Gasteiger partial charge in [-0.15, -0.1) is 0 Å². The molecule has 0 saturated carbocycles. The molecule has 0 atom stereocenters. The van der Waals surface area contributed by atoms with Gasteiger partial charge in [0.2, 0.25) is 5.91 Å². The zero-order valence-corrected chi connectivity index (χ0v) is 18.2. The Morgan fingerprint density at radius 2 is 1.58 bits per heavy atom. The monoisotopic (exact) mass is 475 g/mol. The molecular weight excluding hydrogens is 455 g/mol. The molecule has 2 aromatic rings. The van der Waals surface area contributed by atoms with Gasteiger partial charge in [-0.05, 0) is 47.7 Å². The van der Waals surface area contributed by atoms with E-state index in [0.717, 1.165) is 22.7 Å². The van der Waals surface area contributed by atoms with Crippen LogP contribution in [0, 0.1) is 0 Å². The molecule has 0 aromatic heterocycles. The number of rotatable bonds is 4.